The molecule has 4 heteroatoms. The minimum atomic E-state index is 0.478. The highest BCUT2D eigenvalue weighted by Gasteiger charge is 2.17. The van der Waals surface area contributed by atoms with E-state index in [-0.39, 0.29) is 0 Å². The Labute approximate surface area is 106 Å². The lowest BCUT2D eigenvalue weighted by Gasteiger charge is -2.21. The van der Waals surface area contributed by atoms with Crippen LogP contribution in [0.1, 0.15) is 43.5 Å². The molecule has 0 aromatic carbocycles. The van der Waals surface area contributed by atoms with Gasteiger partial charge < -0.3 is 4.40 Å². The monoisotopic (exact) mass is 240 g/mol. The van der Waals surface area contributed by atoms with E-state index in [9.17, 15) is 0 Å². The van der Waals surface area contributed by atoms with Gasteiger partial charge in [0.15, 0.2) is 11.3 Å². The van der Waals surface area contributed by atoms with Crippen molar-refractivity contribution in [2.75, 3.05) is 0 Å². The molecule has 2 heterocycles. The summed E-state index contributed by atoms with van der Waals surface area (Å²) in [6.07, 6.45) is 12.9. The van der Waals surface area contributed by atoms with Crippen LogP contribution in [0.25, 0.3) is 5.65 Å². The van der Waals surface area contributed by atoms with Crippen LogP contribution in [-0.4, -0.2) is 14.4 Å². The van der Waals surface area contributed by atoms with E-state index in [4.69, 9.17) is 5.26 Å². The maximum atomic E-state index is 9.02. The molecule has 1 fully saturated rings. The zero-order valence-corrected chi connectivity index (χ0v) is 10.3. The van der Waals surface area contributed by atoms with Gasteiger partial charge in [0.25, 0.3) is 0 Å². The maximum absolute atomic E-state index is 9.02. The average Bonchev–Trinajstić information content (AvgIpc) is 2.88. The Balaban J connectivity index is 1.94. The van der Waals surface area contributed by atoms with E-state index in [1.807, 2.05) is 10.6 Å². The summed E-state index contributed by atoms with van der Waals surface area (Å²) in [7, 11) is 0. The van der Waals surface area contributed by atoms with Gasteiger partial charge in [-0.15, -0.1) is 0 Å². The quantitative estimate of drug-likeness (QED) is 0.811. The van der Waals surface area contributed by atoms with Crippen LogP contribution in [-0.2, 0) is 6.42 Å². The second-order valence-electron chi connectivity index (χ2n) is 5.05. The van der Waals surface area contributed by atoms with Gasteiger partial charge in [-0.3, -0.25) is 0 Å². The molecule has 4 nitrogen and oxygen atoms in total. The standard InChI is InChI=1S/C14H16N4/c15-9-12-10-18-7-6-16-14(18)13(17-12)8-11-4-2-1-3-5-11/h6-7,10-11H,1-5,8H2. The van der Waals surface area contributed by atoms with Gasteiger partial charge in [-0.1, -0.05) is 32.1 Å². The molecule has 1 aliphatic rings. The van der Waals surface area contributed by atoms with Crippen molar-refractivity contribution in [2.24, 2.45) is 5.92 Å². The second kappa shape index (κ2) is 4.77. The zero-order chi connectivity index (χ0) is 12.4. The molecular weight excluding hydrogens is 224 g/mol. The number of hydrogen-bond donors (Lipinski definition) is 0. The summed E-state index contributed by atoms with van der Waals surface area (Å²) in [6.45, 7) is 0. The summed E-state index contributed by atoms with van der Waals surface area (Å²) in [5.41, 5.74) is 2.36. The number of fused-ring (bicyclic) bond motifs is 1. The third-order valence-corrected chi connectivity index (χ3v) is 3.76. The van der Waals surface area contributed by atoms with E-state index >= 15 is 0 Å². The van der Waals surface area contributed by atoms with Gasteiger partial charge >= 0.3 is 0 Å². The third kappa shape index (κ3) is 2.08. The van der Waals surface area contributed by atoms with Gasteiger partial charge in [0.1, 0.15) is 6.07 Å². The Morgan fingerprint density at radius 2 is 2.17 bits per heavy atom. The second-order valence-corrected chi connectivity index (χ2v) is 5.05. The maximum Gasteiger partial charge on any atom is 0.158 e. The molecule has 0 bridgehead atoms. The van der Waals surface area contributed by atoms with E-state index in [0.29, 0.717) is 11.6 Å². The number of aromatic nitrogens is 3. The first-order chi connectivity index (χ1) is 8.86. The Kier molecular flexibility index (Phi) is 2.97. The van der Waals surface area contributed by atoms with Gasteiger partial charge in [-0.2, -0.15) is 5.26 Å². The fraction of sp³-hybridized carbons (Fsp3) is 0.500. The van der Waals surface area contributed by atoms with Crippen molar-refractivity contribution in [3.8, 4) is 6.07 Å². The van der Waals surface area contributed by atoms with Crippen LogP contribution >= 0.6 is 0 Å². The van der Waals surface area contributed by atoms with E-state index in [1.54, 1.807) is 12.4 Å². The van der Waals surface area contributed by atoms with E-state index < -0.39 is 0 Å². The van der Waals surface area contributed by atoms with Crippen molar-refractivity contribution in [1.82, 2.24) is 14.4 Å². The first-order valence-corrected chi connectivity index (χ1v) is 6.59. The summed E-state index contributed by atoms with van der Waals surface area (Å²) in [5, 5.41) is 9.02. The minimum absolute atomic E-state index is 0.478. The number of rotatable bonds is 2. The molecule has 0 atom stereocenters. The molecule has 1 saturated carbocycles. The number of nitriles is 1. The Bertz CT molecular complexity index is 587. The van der Waals surface area contributed by atoms with Crippen LogP contribution in [0.3, 0.4) is 0 Å². The van der Waals surface area contributed by atoms with Gasteiger partial charge in [0.05, 0.1) is 5.69 Å². The first-order valence-electron chi connectivity index (χ1n) is 6.59. The van der Waals surface area contributed by atoms with Gasteiger partial charge in [-0.25, -0.2) is 9.97 Å². The molecule has 0 aliphatic heterocycles. The lowest BCUT2D eigenvalue weighted by Crippen LogP contribution is -2.12. The molecule has 2 aromatic heterocycles. The summed E-state index contributed by atoms with van der Waals surface area (Å²) in [6, 6.07) is 2.13. The Hall–Kier alpha value is -1.89. The van der Waals surface area contributed by atoms with Crippen molar-refractivity contribution in [3.63, 3.8) is 0 Å². The normalized spacial score (nSPS) is 16.8. The zero-order valence-electron chi connectivity index (χ0n) is 10.3. The highest BCUT2D eigenvalue weighted by molar-refractivity contribution is 5.45. The lowest BCUT2D eigenvalue weighted by atomic mass is 9.86. The van der Waals surface area contributed by atoms with Crippen molar-refractivity contribution in [2.45, 2.75) is 38.5 Å². The molecule has 92 valence electrons. The minimum Gasteiger partial charge on any atom is -0.303 e. The Morgan fingerprint density at radius 1 is 1.33 bits per heavy atom. The van der Waals surface area contributed by atoms with E-state index in [0.717, 1.165) is 17.8 Å². The first kappa shape index (κ1) is 11.2. The molecular formula is C14H16N4. The van der Waals surface area contributed by atoms with Crippen molar-refractivity contribution in [3.05, 3.63) is 30.0 Å². The molecule has 0 unspecified atom stereocenters. The molecule has 0 spiro atoms. The topological polar surface area (TPSA) is 54.0 Å². The summed E-state index contributed by atoms with van der Waals surface area (Å²) in [5.74, 6) is 0.709. The molecule has 3 rings (SSSR count). The largest absolute Gasteiger partial charge is 0.303 e. The number of nitrogens with zero attached hydrogens (tertiary/aromatic N) is 4. The Morgan fingerprint density at radius 3 is 2.94 bits per heavy atom. The van der Waals surface area contributed by atoms with E-state index in [2.05, 4.69) is 16.0 Å². The molecule has 0 radical (unpaired) electrons. The lowest BCUT2D eigenvalue weighted by molar-refractivity contribution is 0.354. The van der Waals surface area contributed by atoms with Gasteiger partial charge in [0, 0.05) is 18.6 Å². The van der Waals surface area contributed by atoms with Crippen LogP contribution in [0.5, 0.6) is 0 Å². The molecule has 2 aromatic rings. The average molecular weight is 240 g/mol. The van der Waals surface area contributed by atoms with Crippen molar-refractivity contribution < 1.29 is 0 Å². The number of hydrogen-bond acceptors (Lipinski definition) is 3. The van der Waals surface area contributed by atoms with Crippen LogP contribution in [0.4, 0.5) is 0 Å². The van der Waals surface area contributed by atoms with Crippen LogP contribution < -0.4 is 0 Å². The van der Waals surface area contributed by atoms with Crippen LogP contribution in [0.15, 0.2) is 18.6 Å². The van der Waals surface area contributed by atoms with Gasteiger partial charge in [-0.05, 0) is 12.3 Å². The van der Waals surface area contributed by atoms with Crippen LogP contribution in [0, 0.1) is 17.2 Å². The molecule has 1 aliphatic carbocycles. The van der Waals surface area contributed by atoms with Crippen molar-refractivity contribution in [1.29, 1.82) is 5.26 Å². The summed E-state index contributed by atoms with van der Waals surface area (Å²) in [4.78, 5) is 8.79. The fourth-order valence-corrected chi connectivity index (χ4v) is 2.85. The number of imidazole rings is 1. The third-order valence-electron chi connectivity index (χ3n) is 3.76. The predicted octanol–water partition coefficient (Wildman–Crippen LogP) is 2.72. The molecule has 0 saturated heterocycles. The van der Waals surface area contributed by atoms with Crippen LogP contribution in [0.2, 0.25) is 0 Å². The van der Waals surface area contributed by atoms with Crippen molar-refractivity contribution >= 4 is 5.65 Å². The molecule has 18 heavy (non-hydrogen) atoms. The summed E-state index contributed by atoms with van der Waals surface area (Å²) < 4.78 is 1.91. The SMILES string of the molecule is N#Cc1cn2ccnc2c(CC2CCCCC2)n1. The van der Waals surface area contributed by atoms with Gasteiger partial charge in [0.2, 0.25) is 0 Å². The van der Waals surface area contributed by atoms with E-state index in [1.165, 1.54) is 32.1 Å². The predicted molar refractivity (Wildman–Crippen MR) is 68.0 cm³/mol. The molecule has 0 amide bonds. The highest BCUT2D eigenvalue weighted by atomic mass is 15.0. The smallest absolute Gasteiger partial charge is 0.158 e. The highest BCUT2D eigenvalue weighted by Crippen LogP contribution is 2.27. The summed E-state index contributed by atoms with van der Waals surface area (Å²) >= 11 is 0. The molecule has 0 N–H and O–H groups in total. The fourth-order valence-electron chi connectivity index (χ4n) is 2.85.